The number of fused-ring (bicyclic) bond motifs is 1. The zero-order valence-corrected chi connectivity index (χ0v) is 15.3. The predicted octanol–water partition coefficient (Wildman–Crippen LogP) is 1.97. The van der Waals surface area contributed by atoms with Crippen LogP contribution in [0.3, 0.4) is 0 Å². The Labute approximate surface area is 169 Å². The van der Waals surface area contributed by atoms with Gasteiger partial charge in [0.25, 0.3) is 5.24 Å². The molecule has 3 aromatic rings. The van der Waals surface area contributed by atoms with Crippen molar-refractivity contribution in [3.05, 3.63) is 65.9 Å². The van der Waals surface area contributed by atoms with E-state index in [9.17, 15) is 4.79 Å². The molecular weight excluding hydrogens is 311 g/mol. The molecule has 0 saturated carbocycles. The fourth-order valence-electron chi connectivity index (χ4n) is 2.13. The minimum atomic E-state index is -0.498. The summed E-state index contributed by atoms with van der Waals surface area (Å²) in [5.74, 6) is 0. The summed E-state index contributed by atoms with van der Waals surface area (Å²) < 4.78 is 0. The number of nitrogens with zero attached hydrogens (tertiary/aromatic N) is 1. The van der Waals surface area contributed by atoms with Crippen molar-refractivity contribution in [2.45, 2.75) is 0 Å². The van der Waals surface area contributed by atoms with Crippen LogP contribution in [0.25, 0.3) is 27.9 Å². The van der Waals surface area contributed by atoms with Gasteiger partial charge in [-0.15, -0.1) is 5.69 Å². The third kappa shape index (κ3) is 3.53. The normalized spacial score (nSPS) is 10.1. The Morgan fingerprint density at radius 2 is 1.71 bits per heavy atom. The zero-order chi connectivity index (χ0) is 14.1. The summed E-state index contributed by atoms with van der Waals surface area (Å²) in [4.78, 5) is 16.2. The first-order chi connectivity index (χ1) is 9.65. The second-order valence-corrected chi connectivity index (χ2v) is 4.77. The van der Waals surface area contributed by atoms with Crippen LogP contribution in [0.4, 0.5) is 5.69 Å². The van der Waals surface area contributed by atoms with Gasteiger partial charge in [-0.05, 0) is 23.7 Å². The maximum absolute atomic E-state index is 11.6. The average Bonchev–Trinajstić information content (AvgIpc) is 2.46. The van der Waals surface area contributed by atoms with Crippen LogP contribution in [0, 0.1) is 0 Å². The summed E-state index contributed by atoms with van der Waals surface area (Å²) in [6.07, 6.45) is 0. The molecule has 0 amide bonds. The molecule has 0 bridgehead atoms. The molecule has 3 nitrogen and oxygen atoms in total. The fourth-order valence-corrected chi connectivity index (χ4v) is 2.28. The van der Waals surface area contributed by atoms with E-state index in [0.717, 1.165) is 16.5 Å². The molecule has 0 unspecified atom stereocenters. The summed E-state index contributed by atoms with van der Waals surface area (Å²) >= 11 is 5.67. The number of pyridine rings is 1. The van der Waals surface area contributed by atoms with Crippen LogP contribution in [0.2, 0.25) is 0 Å². The van der Waals surface area contributed by atoms with Crippen LogP contribution < -0.4 is 51.4 Å². The van der Waals surface area contributed by atoms with Gasteiger partial charge >= 0.3 is 51.4 Å². The van der Waals surface area contributed by atoms with Gasteiger partial charge in [-0.2, -0.15) is 0 Å². The van der Waals surface area contributed by atoms with Gasteiger partial charge in [0.15, 0.2) is 0 Å². The Hall–Kier alpha value is -0.754. The first-order valence-corrected chi connectivity index (χ1v) is 6.44. The van der Waals surface area contributed by atoms with E-state index in [2.05, 4.69) is 4.98 Å². The molecule has 0 aliphatic rings. The molecule has 2 aromatic carbocycles. The Kier molecular flexibility index (Phi) is 5.54. The van der Waals surface area contributed by atoms with Gasteiger partial charge in [0.1, 0.15) is 0 Å². The molecule has 0 radical (unpaired) electrons. The molecule has 0 aliphatic heterocycles. The molecule has 0 saturated heterocycles. The first-order valence-electron chi connectivity index (χ1n) is 6.07. The molecule has 21 heavy (non-hydrogen) atoms. The maximum Gasteiger partial charge on any atom is 1.00 e. The van der Waals surface area contributed by atoms with Crippen molar-refractivity contribution in [2.24, 2.45) is 0 Å². The van der Waals surface area contributed by atoms with Gasteiger partial charge in [0, 0.05) is 16.5 Å². The maximum atomic E-state index is 11.6. The smallest absolute Gasteiger partial charge is 0.699 e. The second-order valence-electron chi connectivity index (χ2n) is 4.42. The molecule has 0 spiro atoms. The van der Waals surface area contributed by atoms with Crippen molar-refractivity contribution in [3.63, 3.8) is 0 Å². The topological polar surface area (TPSA) is 53.8 Å². The monoisotopic (exact) mass is 320 g/mol. The molecule has 0 atom stereocenters. The molecule has 1 N–H and O–H groups in total. The summed E-state index contributed by atoms with van der Waals surface area (Å²) in [6, 6.07) is 16.1. The van der Waals surface area contributed by atoms with Crippen LogP contribution in [0.5, 0.6) is 0 Å². The number of benzene rings is 2. The average molecular weight is 321 g/mol. The molecule has 5 heteroatoms. The van der Waals surface area contributed by atoms with E-state index >= 15 is 0 Å². The molecule has 0 aliphatic carbocycles. The van der Waals surface area contributed by atoms with E-state index in [4.69, 9.17) is 17.3 Å². The summed E-state index contributed by atoms with van der Waals surface area (Å²) in [5, 5.41) is 0.246. The minimum Gasteiger partial charge on any atom is -0.699 e. The number of nitrogens with one attached hydrogen (secondary N) is 1. The van der Waals surface area contributed by atoms with Gasteiger partial charge in [0.2, 0.25) is 0 Å². The van der Waals surface area contributed by atoms with Gasteiger partial charge in [-0.1, -0.05) is 42.5 Å². The number of carbonyl (C=O) groups excluding carboxylic acids is 1. The summed E-state index contributed by atoms with van der Waals surface area (Å²) in [6.45, 7) is 0. The Morgan fingerprint density at radius 3 is 2.38 bits per heavy atom. The van der Waals surface area contributed by atoms with E-state index in [1.807, 2.05) is 36.4 Å². The van der Waals surface area contributed by atoms with Crippen LogP contribution in [-0.2, 0) is 0 Å². The number of carbonyl (C=O) groups is 1. The van der Waals surface area contributed by atoms with Crippen molar-refractivity contribution < 1.29 is 56.2 Å². The Morgan fingerprint density at radius 1 is 1.05 bits per heavy atom. The Balaban J connectivity index is 0.00000161. The number of rotatable bonds is 2. The van der Waals surface area contributed by atoms with Crippen molar-refractivity contribution in [1.29, 1.82) is 0 Å². The van der Waals surface area contributed by atoms with Gasteiger partial charge in [-0.25, -0.2) is 4.98 Å². The van der Waals surface area contributed by atoms with Crippen LogP contribution >= 0.6 is 11.6 Å². The first kappa shape index (κ1) is 16.6. The number of aromatic nitrogens is 1. The minimum absolute atomic E-state index is 0. The van der Waals surface area contributed by atoms with Crippen molar-refractivity contribution in [2.75, 3.05) is 0 Å². The predicted molar refractivity (Wildman–Crippen MR) is 81.3 cm³/mol. The van der Waals surface area contributed by atoms with E-state index in [1.54, 1.807) is 18.2 Å². The molecule has 1 heterocycles. The third-order valence-electron chi connectivity index (χ3n) is 3.11. The summed E-state index contributed by atoms with van der Waals surface area (Å²) in [5.41, 5.74) is 10.6. The molecular formula is C16H10ClKN2O. The van der Waals surface area contributed by atoms with Crippen molar-refractivity contribution in [3.8, 4) is 11.3 Å². The number of para-hydroxylation sites is 1. The van der Waals surface area contributed by atoms with Gasteiger partial charge in [0.05, 0.1) is 11.2 Å². The summed E-state index contributed by atoms with van der Waals surface area (Å²) in [7, 11) is 0. The van der Waals surface area contributed by atoms with Crippen molar-refractivity contribution >= 4 is 33.4 Å². The van der Waals surface area contributed by atoms with E-state index in [-0.39, 0.29) is 51.4 Å². The van der Waals surface area contributed by atoms with Crippen molar-refractivity contribution in [1.82, 2.24) is 4.98 Å². The molecule has 0 fully saturated rings. The largest absolute Gasteiger partial charge is 1.00 e. The molecule has 3 rings (SSSR count). The number of hydrogen-bond acceptors (Lipinski definition) is 2. The number of halogens is 1. The molecule has 98 valence electrons. The van der Waals surface area contributed by atoms with Crippen LogP contribution in [0.1, 0.15) is 10.4 Å². The van der Waals surface area contributed by atoms with Gasteiger partial charge < -0.3 is 5.73 Å². The number of hydrogen-bond donors (Lipinski definition) is 0. The third-order valence-corrected chi connectivity index (χ3v) is 3.31. The standard InChI is InChI=1S/C16H10ClN2O.K/c17-16(20)13-9-15(10-5-7-11(18)8-6-10)19-14-4-2-1-3-12(13)14;/h1-9H,(H-,18,19);/q-1;+1. The molecule has 1 aromatic heterocycles. The van der Waals surface area contributed by atoms with Gasteiger partial charge in [-0.3, -0.25) is 4.79 Å². The van der Waals surface area contributed by atoms with E-state index in [0.29, 0.717) is 16.9 Å². The van der Waals surface area contributed by atoms with E-state index in [1.165, 1.54) is 0 Å². The van der Waals surface area contributed by atoms with E-state index < -0.39 is 5.24 Å². The SMILES string of the molecule is [K+].[NH-]c1ccc(-c2cc(C(=O)Cl)c3ccccc3n2)cc1. The second kappa shape index (κ2) is 7.00. The van der Waals surface area contributed by atoms with Crippen LogP contribution in [0.15, 0.2) is 54.6 Å². The quantitative estimate of drug-likeness (QED) is 0.535. The zero-order valence-electron chi connectivity index (χ0n) is 11.4. The fraction of sp³-hybridized carbons (Fsp3) is 0. The Bertz CT molecular complexity index is 803. The van der Waals surface area contributed by atoms with Crippen LogP contribution in [-0.4, -0.2) is 10.2 Å².